The average Bonchev–Trinajstić information content (AvgIpc) is 3.47. The normalized spacial score (nSPS) is 22.9. The van der Waals surface area contributed by atoms with Crippen molar-refractivity contribution < 1.29 is 14.3 Å². The molecule has 0 spiro atoms. The number of carbonyl (C=O) groups excluding carboxylic acids is 1. The van der Waals surface area contributed by atoms with Crippen LogP contribution < -0.4 is 10.1 Å². The van der Waals surface area contributed by atoms with Gasteiger partial charge in [0.15, 0.2) is 0 Å². The van der Waals surface area contributed by atoms with E-state index in [1.807, 2.05) is 43.3 Å². The van der Waals surface area contributed by atoms with E-state index in [1.165, 1.54) is 0 Å². The van der Waals surface area contributed by atoms with E-state index in [0.29, 0.717) is 25.5 Å². The van der Waals surface area contributed by atoms with Crippen LogP contribution >= 0.6 is 0 Å². The van der Waals surface area contributed by atoms with Crippen LogP contribution in [0.25, 0.3) is 22.2 Å². The molecule has 152 valence electrons. The maximum atomic E-state index is 11.6. The largest absolute Gasteiger partial charge is 0.474 e. The third-order valence-corrected chi connectivity index (χ3v) is 5.73. The standard InChI is InChI=1S/C20H24N6O3/c1-12(13-5-19(27)21-7-13)29-20-16-10-25(2)24-18(16)6-17(23-20)14-8-22-26(9-14)15-3-4-28-11-15/h6,8-10,12-13,15H,3-5,7,11H2,1-2H3,(H,21,27)/t12?,13-,15-/m1/s1. The second kappa shape index (κ2) is 7.14. The molecule has 5 heterocycles. The lowest BCUT2D eigenvalue weighted by atomic mass is 10.0. The molecule has 9 nitrogen and oxygen atoms in total. The molecule has 2 aliphatic heterocycles. The lowest BCUT2D eigenvalue weighted by Crippen LogP contribution is -2.26. The van der Waals surface area contributed by atoms with Crippen LogP contribution in [-0.2, 0) is 16.6 Å². The number of fused-ring (bicyclic) bond motifs is 1. The number of hydrogen-bond acceptors (Lipinski definition) is 6. The molecule has 2 saturated heterocycles. The number of hydrogen-bond donors (Lipinski definition) is 1. The first-order chi connectivity index (χ1) is 14.1. The summed E-state index contributed by atoms with van der Waals surface area (Å²) in [5.41, 5.74) is 2.50. The first kappa shape index (κ1) is 18.1. The molecule has 3 atom stereocenters. The molecule has 0 radical (unpaired) electrons. The molecular formula is C20H24N6O3. The first-order valence-corrected chi connectivity index (χ1v) is 9.97. The van der Waals surface area contributed by atoms with Gasteiger partial charge in [0.1, 0.15) is 6.10 Å². The van der Waals surface area contributed by atoms with Gasteiger partial charge >= 0.3 is 0 Å². The molecule has 1 amide bonds. The van der Waals surface area contributed by atoms with Crippen LogP contribution in [0.1, 0.15) is 25.8 Å². The second-order valence-corrected chi connectivity index (χ2v) is 7.87. The van der Waals surface area contributed by atoms with Crippen LogP contribution in [-0.4, -0.2) is 56.3 Å². The van der Waals surface area contributed by atoms with E-state index in [2.05, 4.69) is 15.5 Å². The highest BCUT2D eigenvalue weighted by molar-refractivity contribution is 5.86. The number of amides is 1. The molecule has 0 aromatic carbocycles. The molecule has 0 bridgehead atoms. The fourth-order valence-electron chi connectivity index (χ4n) is 3.98. The molecule has 3 aromatic heterocycles. The van der Waals surface area contributed by atoms with Gasteiger partial charge in [-0.15, -0.1) is 0 Å². The van der Waals surface area contributed by atoms with Gasteiger partial charge in [-0.25, -0.2) is 4.98 Å². The summed E-state index contributed by atoms with van der Waals surface area (Å²) >= 11 is 0. The summed E-state index contributed by atoms with van der Waals surface area (Å²) in [6, 6.07) is 2.23. The third kappa shape index (κ3) is 3.46. The highest BCUT2D eigenvalue weighted by Gasteiger charge is 2.29. The Labute approximate surface area is 168 Å². The number of carbonyl (C=O) groups is 1. The third-order valence-electron chi connectivity index (χ3n) is 5.73. The number of aromatic nitrogens is 5. The van der Waals surface area contributed by atoms with Crippen LogP contribution in [0.5, 0.6) is 5.88 Å². The minimum absolute atomic E-state index is 0.0713. The maximum absolute atomic E-state index is 11.6. The zero-order chi connectivity index (χ0) is 20.0. The predicted molar refractivity (Wildman–Crippen MR) is 105 cm³/mol. The highest BCUT2D eigenvalue weighted by Crippen LogP contribution is 2.31. The van der Waals surface area contributed by atoms with Crippen molar-refractivity contribution in [1.82, 2.24) is 29.9 Å². The Morgan fingerprint density at radius 2 is 2.28 bits per heavy atom. The molecule has 0 saturated carbocycles. The monoisotopic (exact) mass is 396 g/mol. The van der Waals surface area contributed by atoms with Crippen molar-refractivity contribution in [3.63, 3.8) is 0 Å². The highest BCUT2D eigenvalue weighted by atomic mass is 16.5. The Hall–Kier alpha value is -2.94. The molecule has 2 aliphatic rings. The summed E-state index contributed by atoms with van der Waals surface area (Å²) < 4.78 is 15.4. The number of nitrogens with zero attached hydrogens (tertiary/aromatic N) is 5. The van der Waals surface area contributed by atoms with Gasteiger partial charge in [-0.3, -0.25) is 14.2 Å². The lowest BCUT2D eigenvalue weighted by molar-refractivity contribution is -0.119. The minimum atomic E-state index is -0.140. The van der Waals surface area contributed by atoms with Crippen LogP contribution in [0.15, 0.2) is 24.7 Å². The molecule has 3 aromatic rings. The van der Waals surface area contributed by atoms with Crippen molar-refractivity contribution in [3.05, 3.63) is 24.7 Å². The topological polar surface area (TPSA) is 96.1 Å². The SMILES string of the molecule is CC(Oc1nc(-c2cnn([C@@H]3CCOC3)c2)cc2nn(C)cc12)[C@H]1CNC(=O)C1. The van der Waals surface area contributed by atoms with E-state index in [9.17, 15) is 4.79 Å². The number of aryl methyl sites for hydroxylation is 1. The summed E-state index contributed by atoms with van der Waals surface area (Å²) in [4.78, 5) is 16.4. The van der Waals surface area contributed by atoms with Gasteiger partial charge in [0.05, 0.1) is 35.4 Å². The number of rotatable bonds is 5. The van der Waals surface area contributed by atoms with Gasteiger partial charge in [0.2, 0.25) is 11.8 Å². The van der Waals surface area contributed by atoms with Crippen LogP contribution in [0, 0.1) is 5.92 Å². The van der Waals surface area contributed by atoms with E-state index < -0.39 is 0 Å². The summed E-state index contributed by atoms with van der Waals surface area (Å²) in [6.45, 7) is 4.08. The minimum Gasteiger partial charge on any atom is -0.474 e. The Balaban J connectivity index is 1.47. The van der Waals surface area contributed by atoms with Gasteiger partial charge in [-0.1, -0.05) is 0 Å². The zero-order valence-electron chi connectivity index (χ0n) is 16.5. The Morgan fingerprint density at radius 1 is 1.38 bits per heavy atom. The van der Waals surface area contributed by atoms with Gasteiger partial charge in [-0.05, 0) is 19.4 Å². The second-order valence-electron chi connectivity index (χ2n) is 7.87. The van der Waals surface area contributed by atoms with E-state index in [-0.39, 0.29) is 24.0 Å². The molecule has 29 heavy (non-hydrogen) atoms. The molecule has 9 heteroatoms. The Bertz CT molecular complexity index is 1050. The van der Waals surface area contributed by atoms with Crippen LogP contribution in [0.2, 0.25) is 0 Å². The summed E-state index contributed by atoms with van der Waals surface area (Å²) in [5, 5.41) is 12.8. The molecule has 0 aliphatic carbocycles. The number of ether oxygens (including phenoxy) is 2. The van der Waals surface area contributed by atoms with Crippen molar-refractivity contribution in [2.24, 2.45) is 13.0 Å². The number of pyridine rings is 1. The van der Waals surface area contributed by atoms with Crippen molar-refractivity contribution in [1.29, 1.82) is 0 Å². The fraction of sp³-hybridized carbons (Fsp3) is 0.500. The summed E-state index contributed by atoms with van der Waals surface area (Å²) in [7, 11) is 1.88. The fourth-order valence-corrected chi connectivity index (χ4v) is 3.98. The summed E-state index contributed by atoms with van der Waals surface area (Å²) in [5.74, 6) is 0.737. The van der Waals surface area contributed by atoms with E-state index in [4.69, 9.17) is 14.5 Å². The van der Waals surface area contributed by atoms with Gasteiger partial charge < -0.3 is 14.8 Å². The Morgan fingerprint density at radius 3 is 3.03 bits per heavy atom. The first-order valence-electron chi connectivity index (χ1n) is 9.97. The molecule has 2 fully saturated rings. The van der Waals surface area contributed by atoms with Gasteiger partial charge in [0, 0.05) is 50.5 Å². The molecule has 1 N–H and O–H groups in total. The number of nitrogens with one attached hydrogen (secondary N) is 1. The van der Waals surface area contributed by atoms with E-state index in [1.54, 1.807) is 4.68 Å². The smallest absolute Gasteiger partial charge is 0.225 e. The van der Waals surface area contributed by atoms with Crippen molar-refractivity contribution in [3.8, 4) is 17.1 Å². The van der Waals surface area contributed by atoms with Crippen molar-refractivity contribution in [2.45, 2.75) is 31.9 Å². The van der Waals surface area contributed by atoms with Gasteiger partial charge in [0.25, 0.3) is 0 Å². The molecule has 1 unspecified atom stereocenters. The lowest BCUT2D eigenvalue weighted by Gasteiger charge is -2.19. The van der Waals surface area contributed by atoms with E-state index >= 15 is 0 Å². The Kier molecular flexibility index (Phi) is 4.46. The predicted octanol–water partition coefficient (Wildman–Crippen LogP) is 1.70. The van der Waals surface area contributed by atoms with Crippen molar-refractivity contribution >= 4 is 16.8 Å². The van der Waals surface area contributed by atoms with Crippen LogP contribution in [0.4, 0.5) is 0 Å². The zero-order valence-corrected chi connectivity index (χ0v) is 16.5. The quantitative estimate of drug-likeness (QED) is 0.705. The average molecular weight is 396 g/mol. The van der Waals surface area contributed by atoms with Crippen LogP contribution in [0.3, 0.4) is 0 Å². The maximum Gasteiger partial charge on any atom is 0.225 e. The summed E-state index contributed by atoms with van der Waals surface area (Å²) in [6.07, 6.45) is 7.04. The van der Waals surface area contributed by atoms with E-state index in [0.717, 1.165) is 35.2 Å². The van der Waals surface area contributed by atoms with Crippen molar-refractivity contribution in [2.75, 3.05) is 19.8 Å². The van der Waals surface area contributed by atoms with Gasteiger partial charge in [-0.2, -0.15) is 10.2 Å². The molecule has 5 rings (SSSR count). The molecular weight excluding hydrogens is 372 g/mol.